The first-order valence-corrected chi connectivity index (χ1v) is 8.24. The van der Waals surface area contributed by atoms with E-state index in [4.69, 9.17) is 4.42 Å². The molecular weight excluding hydrogens is 260 g/mol. The maximum absolute atomic E-state index is 6.04. The van der Waals surface area contributed by atoms with Crippen LogP contribution in [0, 0.1) is 0 Å². The van der Waals surface area contributed by atoms with Crippen molar-refractivity contribution in [3.8, 4) is 0 Å². The molecule has 3 nitrogen and oxygen atoms in total. The van der Waals surface area contributed by atoms with Crippen molar-refractivity contribution in [1.82, 2.24) is 10.2 Å². The summed E-state index contributed by atoms with van der Waals surface area (Å²) in [7, 11) is 0. The van der Waals surface area contributed by atoms with Crippen LogP contribution in [0.25, 0.3) is 11.0 Å². The Morgan fingerprint density at radius 2 is 2.19 bits per heavy atom. The van der Waals surface area contributed by atoms with Crippen molar-refractivity contribution in [1.29, 1.82) is 0 Å². The number of nitrogens with one attached hydrogen (secondary N) is 1. The molecule has 1 fully saturated rings. The molecule has 0 spiro atoms. The molecule has 1 aromatic carbocycles. The van der Waals surface area contributed by atoms with Gasteiger partial charge in [-0.2, -0.15) is 0 Å². The smallest absolute Gasteiger partial charge is 0.134 e. The lowest BCUT2D eigenvalue weighted by atomic mass is 10.0. The van der Waals surface area contributed by atoms with E-state index in [0.717, 1.165) is 24.4 Å². The van der Waals surface area contributed by atoms with Gasteiger partial charge >= 0.3 is 0 Å². The summed E-state index contributed by atoms with van der Waals surface area (Å²) in [5, 5.41) is 4.84. The summed E-state index contributed by atoms with van der Waals surface area (Å²) in [5.74, 6) is 1.08. The molecule has 0 bridgehead atoms. The Morgan fingerprint density at radius 3 is 2.90 bits per heavy atom. The number of rotatable bonds is 5. The highest BCUT2D eigenvalue weighted by atomic mass is 16.3. The van der Waals surface area contributed by atoms with Gasteiger partial charge in [0.1, 0.15) is 11.3 Å². The topological polar surface area (TPSA) is 28.4 Å². The molecule has 0 aliphatic carbocycles. The number of benzene rings is 1. The van der Waals surface area contributed by atoms with E-state index in [0.29, 0.717) is 12.1 Å². The summed E-state index contributed by atoms with van der Waals surface area (Å²) in [6.45, 7) is 7.82. The van der Waals surface area contributed by atoms with Crippen molar-refractivity contribution >= 4 is 11.0 Å². The zero-order valence-electron chi connectivity index (χ0n) is 13.1. The second-order valence-electron chi connectivity index (χ2n) is 6.10. The fraction of sp³-hybridized carbons (Fsp3) is 0.556. The molecule has 2 atom stereocenters. The van der Waals surface area contributed by atoms with Gasteiger partial charge in [0.2, 0.25) is 0 Å². The normalized spacial score (nSPS) is 21.0. The van der Waals surface area contributed by atoms with Gasteiger partial charge in [0.25, 0.3) is 0 Å². The summed E-state index contributed by atoms with van der Waals surface area (Å²) in [4.78, 5) is 2.51. The van der Waals surface area contributed by atoms with E-state index in [9.17, 15) is 0 Å². The maximum atomic E-state index is 6.04. The quantitative estimate of drug-likeness (QED) is 0.902. The summed E-state index contributed by atoms with van der Waals surface area (Å²) >= 11 is 0. The highest BCUT2D eigenvalue weighted by molar-refractivity contribution is 5.77. The average Bonchev–Trinajstić information content (AvgIpc) is 2.97. The molecule has 0 saturated carbocycles. The Kier molecular flexibility index (Phi) is 4.61. The van der Waals surface area contributed by atoms with E-state index < -0.39 is 0 Å². The number of para-hydroxylation sites is 1. The molecule has 21 heavy (non-hydrogen) atoms. The Morgan fingerprint density at radius 1 is 1.33 bits per heavy atom. The predicted octanol–water partition coefficient (Wildman–Crippen LogP) is 3.96. The molecule has 1 saturated heterocycles. The Hall–Kier alpha value is -1.32. The molecule has 3 rings (SSSR count). The fourth-order valence-corrected chi connectivity index (χ4v) is 3.31. The van der Waals surface area contributed by atoms with Crippen LogP contribution in [0.2, 0.25) is 0 Å². The minimum absolute atomic E-state index is 0.325. The first-order valence-electron chi connectivity index (χ1n) is 8.24. The summed E-state index contributed by atoms with van der Waals surface area (Å²) < 4.78 is 6.04. The van der Waals surface area contributed by atoms with Crippen LogP contribution < -0.4 is 5.32 Å². The Bertz CT molecular complexity index is 538. The van der Waals surface area contributed by atoms with Crippen molar-refractivity contribution in [2.75, 3.05) is 19.6 Å². The van der Waals surface area contributed by atoms with Gasteiger partial charge in [0, 0.05) is 18.0 Å². The first kappa shape index (κ1) is 14.6. The lowest BCUT2D eigenvalue weighted by Gasteiger charge is -2.32. The predicted molar refractivity (Wildman–Crippen MR) is 87.5 cm³/mol. The third kappa shape index (κ3) is 3.30. The maximum Gasteiger partial charge on any atom is 0.134 e. The number of hydrogen-bond donors (Lipinski definition) is 1. The van der Waals surface area contributed by atoms with Crippen molar-refractivity contribution in [3.63, 3.8) is 0 Å². The Balaban J connectivity index is 1.72. The molecule has 2 heterocycles. The molecule has 1 aliphatic heterocycles. The number of fused-ring (bicyclic) bond motifs is 1. The summed E-state index contributed by atoms with van der Waals surface area (Å²) in [5.41, 5.74) is 0.992. The minimum atomic E-state index is 0.325. The second-order valence-corrected chi connectivity index (χ2v) is 6.10. The monoisotopic (exact) mass is 286 g/mol. The third-order valence-electron chi connectivity index (χ3n) is 4.68. The van der Waals surface area contributed by atoms with Gasteiger partial charge in [0.05, 0.1) is 6.04 Å². The zero-order valence-corrected chi connectivity index (χ0v) is 13.1. The van der Waals surface area contributed by atoms with E-state index in [1.165, 1.54) is 31.2 Å². The van der Waals surface area contributed by atoms with Gasteiger partial charge in [0.15, 0.2) is 0 Å². The number of piperidine rings is 1. The molecular formula is C18H26N2O. The third-order valence-corrected chi connectivity index (χ3v) is 4.68. The van der Waals surface area contributed by atoms with Crippen LogP contribution in [0.3, 0.4) is 0 Å². The molecule has 3 heteroatoms. The first-order chi connectivity index (χ1) is 10.3. The molecule has 1 aliphatic rings. The molecule has 0 radical (unpaired) electrons. The van der Waals surface area contributed by atoms with Gasteiger partial charge in [-0.05, 0) is 45.0 Å². The number of hydrogen-bond acceptors (Lipinski definition) is 3. The standard InChI is InChI=1S/C18H26N2O/c1-3-20(13-16-9-6-7-11-19-16)14(2)18-12-15-8-4-5-10-17(15)21-18/h4-5,8,10,12,14,16,19H,3,6-7,9,11,13H2,1-2H3. The van der Waals surface area contributed by atoms with Gasteiger partial charge < -0.3 is 9.73 Å². The highest BCUT2D eigenvalue weighted by Gasteiger charge is 2.22. The van der Waals surface area contributed by atoms with Crippen molar-refractivity contribution in [2.24, 2.45) is 0 Å². The van der Waals surface area contributed by atoms with Crippen LogP contribution in [-0.4, -0.2) is 30.6 Å². The highest BCUT2D eigenvalue weighted by Crippen LogP contribution is 2.27. The summed E-state index contributed by atoms with van der Waals surface area (Å²) in [6.07, 6.45) is 3.97. The molecule has 1 N–H and O–H groups in total. The van der Waals surface area contributed by atoms with Gasteiger partial charge in [-0.3, -0.25) is 4.90 Å². The van der Waals surface area contributed by atoms with Gasteiger partial charge in [-0.1, -0.05) is 31.5 Å². The molecule has 114 valence electrons. The van der Waals surface area contributed by atoms with E-state index >= 15 is 0 Å². The fourth-order valence-electron chi connectivity index (χ4n) is 3.31. The van der Waals surface area contributed by atoms with E-state index in [-0.39, 0.29) is 0 Å². The second kappa shape index (κ2) is 6.63. The minimum Gasteiger partial charge on any atom is -0.459 e. The van der Waals surface area contributed by atoms with Crippen LogP contribution >= 0.6 is 0 Å². The number of nitrogens with zero attached hydrogens (tertiary/aromatic N) is 1. The van der Waals surface area contributed by atoms with Crippen molar-refractivity contribution in [2.45, 2.75) is 45.2 Å². The van der Waals surface area contributed by atoms with Crippen LogP contribution in [0.1, 0.15) is 44.9 Å². The molecule has 2 aromatic rings. The van der Waals surface area contributed by atoms with Crippen molar-refractivity contribution in [3.05, 3.63) is 36.1 Å². The van der Waals surface area contributed by atoms with Crippen LogP contribution in [0.5, 0.6) is 0 Å². The van der Waals surface area contributed by atoms with Crippen LogP contribution in [0.4, 0.5) is 0 Å². The summed E-state index contributed by atoms with van der Waals surface area (Å²) in [6, 6.07) is 11.4. The lowest BCUT2D eigenvalue weighted by Crippen LogP contribution is -2.44. The van der Waals surface area contributed by atoms with E-state index in [1.54, 1.807) is 0 Å². The molecule has 0 amide bonds. The average molecular weight is 286 g/mol. The van der Waals surface area contributed by atoms with Gasteiger partial charge in [-0.15, -0.1) is 0 Å². The number of likely N-dealkylation sites (N-methyl/N-ethyl adjacent to an activating group) is 1. The molecule has 2 unspecified atom stereocenters. The van der Waals surface area contributed by atoms with Crippen LogP contribution in [0.15, 0.2) is 34.7 Å². The number of furan rings is 1. The van der Waals surface area contributed by atoms with E-state index in [1.807, 2.05) is 12.1 Å². The van der Waals surface area contributed by atoms with Gasteiger partial charge in [-0.25, -0.2) is 0 Å². The van der Waals surface area contributed by atoms with E-state index in [2.05, 4.69) is 42.3 Å². The lowest BCUT2D eigenvalue weighted by molar-refractivity contribution is 0.169. The zero-order chi connectivity index (χ0) is 14.7. The largest absolute Gasteiger partial charge is 0.459 e. The van der Waals surface area contributed by atoms with Crippen molar-refractivity contribution < 1.29 is 4.42 Å². The molecule has 1 aromatic heterocycles. The SMILES string of the molecule is CCN(CC1CCCCN1)C(C)c1cc2ccccc2o1. The van der Waals surface area contributed by atoms with Crippen LogP contribution in [-0.2, 0) is 0 Å². The Labute approximate surface area is 127 Å².